The summed E-state index contributed by atoms with van der Waals surface area (Å²) in [6.07, 6.45) is 0. The number of nitrogens with zero attached hydrogens (tertiary/aromatic N) is 1. The van der Waals surface area contributed by atoms with Crippen LogP contribution in [0, 0.1) is 4.51 Å². The van der Waals surface area contributed by atoms with Crippen molar-refractivity contribution in [2.45, 2.75) is 13.8 Å². The number of hydrogen-bond acceptors (Lipinski definition) is 4. The van der Waals surface area contributed by atoms with E-state index in [0.29, 0.717) is 0 Å². The van der Waals surface area contributed by atoms with Gasteiger partial charge < -0.3 is 14.1 Å². The largest absolute Gasteiger partial charge is 0.495 e. The summed E-state index contributed by atoms with van der Waals surface area (Å²) < 4.78 is 13.2. The molecular weight excluding hydrogens is 390 g/mol. The lowest BCUT2D eigenvalue weighted by molar-refractivity contribution is 0.417. The fourth-order valence-electron chi connectivity index (χ4n) is 3.86. The first-order chi connectivity index (χ1) is 14.7. The van der Waals surface area contributed by atoms with Crippen LogP contribution in [-0.2, 0) is 0 Å². The van der Waals surface area contributed by atoms with E-state index in [2.05, 4.69) is 49.1 Å². The lowest BCUT2D eigenvalue weighted by Crippen LogP contribution is -2.21. The SMILES string of the molecule is CCN(CC)c1cc(=S)c2cc(-c3ccccc3)c(OC)c(-c3ccccc3)c2o1. The van der Waals surface area contributed by atoms with E-state index in [4.69, 9.17) is 21.4 Å². The van der Waals surface area contributed by atoms with Crippen LogP contribution >= 0.6 is 12.2 Å². The predicted octanol–water partition coefficient (Wildman–Crippen LogP) is 7.35. The quantitative estimate of drug-likeness (QED) is 0.307. The highest BCUT2D eigenvalue weighted by Crippen LogP contribution is 2.45. The van der Waals surface area contributed by atoms with Gasteiger partial charge in [-0.05, 0) is 31.0 Å². The number of hydrogen-bond donors (Lipinski definition) is 0. The van der Waals surface area contributed by atoms with Gasteiger partial charge in [-0.15, -0.1) is 0 Å². The predicted molar refractivity (Wildman–Crippen MR) is 128 cm³/mol. The van der Waals surface area contributed by atoms with Gasteiger partial charge >= 0.3 is 0 Å². The Hall–Kier alpha value is -3.11. The summed E-state index contributed by atoms with van der Waals surface area (Å²) in [7, 11) is 1.71. The van der Waals surface area contributed by atoms with Gasteiger partial charge in [0, 0.05) is 30.1 Å². The summed E-state index contributed by atoms with van der Waals surface area (Å²) in [5.41, 5.74) is 4.80. The van der Waals surface area contributed by atoms with Crippen LogP contribution in [-0.4, -0.2) is 20.2 Å². The number of ether oxygens (including phenoxy) is 1. The lowest BCUT2D eigenvalue weighted by Gasteiger charge is -2.22. The Morgan fingerprint density at radius 1 is 0.867 bits per heavy atom. The Labute approximate surface area is 182 Å². The van der Waals surface area contributed by atoms with Gasteiger partial charge in [0.2, 0.25) is 0 Å². The van der Waals surface area contributed by atoms with Gasteiger partial charge in [-0.1, -0.05) is 72.9 Å². The van der Waals surface area contributed by atoms with E-state index in [0.717, 1.165) is 62.5 Å². The molecule has 0 unspecified atom stereocenters. The Morgan fingerprint density at radius 2 is 1.47 bits per heavy atom. The first-order valence-electron chi connectivity index (χ1n) is 10.2. The van der Waals surface area contributed by atoms with Gasteiger partial charge in [-0.3, -0.25) is 0 Å². The molecule has 4 heteroatoms. The first-order valence-corrected chi connectivity index (χ1v) is 10.6. The highest BCUT2D eigenvalue weighted by Gasteiger charge is 2.21. The van der Waals surface area contributed by atoms with Crippen molar-refractivity contribution in [3.8, 4) is 28.0 Å². The van der Waals surface area contributed by atoms with Gasteiger partial charge in [0.25, 0.3) is 0 Å². The van der Waals surface area contributed by atoms with Gasteiger partial charge in [0.15, 0.2) is 5.88 Å². The van der Waals surface area contributed by atoms with Crippen LogP contribution in [0.5, 0.6) is 5.75 Å². The van der Waals surface area contributed by atoms with Crippen LogP contribution in [0.4, 0.5) is 5.88 Å². The number of fused-ring (bicyclic) bond motifs is 1. The molecular formula is C26H25NO2S. The Kier molecular flexibility index (Phi) is 5.86. The minimum Gasteiger partial charge on any atom is -0.495 e. The van der Waals surface area contributed by atoms with Crippen LogP contribution in [0.3, 0.4) is 0 Å². The normalized spacial score (nSPS) is 10.9. The minimum atomic E-state index is 0.757. The van der Waals surface area contributed by atoms with Crippen molar-refractivity contribution in [1.82, 2.24) is 0 Å². The van der Waals surface area contributed by atoms with Crippen LogP contribution in [0.1, 0.15) is 13.8 Å². The fourth-order valence-corrected chi connectivity index (χ4v) is 4.12. The van der Waals surface area contributed by atoms with Gasteiger partial charge in [0.05, 0.1) is 17.2 Å². The van der Waals surface area contributed by atoms with E-state index in [-0.39, 0.29) is 0 Å². The first kappa shape index (κ1) is 20.2. The molecule has 0 aliphatic carbocycles. The fraction of sp³-hybridized carbons (Fsp3) is 0.192. The number of methoxy groups -OCH3 is 1. The van der Waals surface area contributed by atoms with E-state index in [9.17, 15) is 0 Å². The molecule has 3 nitrogen and oxygen atoms in total. The number of anilines is 1. The second kappa shape index (κ2) is 8.72. The van der Waals surface area contributed by atoms with Crippen molar-refractivity contribution in [3.05, 3.63) is 77.3 Å². The van der Waals surface area contributed by atoms with Crippen molar-refractivity contribution in [2.24, 2.45) is 0 Å². The zero-order chi connectivity index (χ0) is 21.1. The molecule has 0 bridgehead atoms. The second-order valence-corrected chi connectivity index (χ2v) is 7.50. The van der Waals surface area contributed by atoms with Crippen molar-refractivity contribution < 1.29 is 9.15 Å². The highest BCUT2D eigenvalue weighted by atomic mass is 32.1. The van der Waals surface area contributed by atoms with Crippen molar-refractivity contribution in [1.29, 1.82) is 0 Å². The van der Waals surface area contributed by atoms with Gasteiger partial charge in [-0.25, -0.2) is 0 Å². The topological polar surface area (TPSA) is 25.6 Å². The van der Waals surface area contributed by atoms with E-state index in [1.54, 1.807) is 7.11 Å². The molecule has 152 valence electrons. The molecule has 0 radical (unpaired) electrons. The Morgan fingerprint density at radius 3 is 2.03 bits per heavy atom. The Bertz CT molecular complexity index is 1210. The molecule has 3 aromatic carbocycles. The summed E-state index contributed by atoms with van der Waals surface area (Å²) in [5, 5.41) is 0.916. The molecule has 0 N–H and O–H groups in total. The average Bonchev–Trinajstić information content (AvgIpc) is 2.80. The molecule has 0 saturated heterocycles. The van der Waals surface area contributed by atoms with Gasteiger partial charge in [-0.2, -0.15) is 0 Å². The number of benzene rings is 3. The third-order valence-corrected chi connectivity index (χ3v) is 5.72. The molecule has 1 heterocycles. The molecule has 0 spiro atoms. The van der Waals surface area contributed by atoms with Crippen LogP contribution in [0.2, 0.25) is 0 Å². The molecule has 30 heavy (non-hydrogen) atoms. The maximum absolute atomic E-state index is 6.48. The zero-order valence-electron chi connectivity index (χ0n) is 17.5. The summed E-state index contributed by atoms with van der Waals surface area (Å²) >= 11 is 5.83. The van der Waals surface area contributed by atoms with Gasteiger partial charge in [0.1, 0.15) is 11.3 Å². The van der Waals surface area contributed by atoms with E-state index < -0.39 is 0 Å². The summed E-state index contributed by atoms with van der Waals surface area (Å²) in [6, 6.07) is 24.5. The molecule has 0 amide bonds. The smallest absolute Gasteiger partial charge is 0.197 e. The number of rotatable bonds is 6. The van der Waals surface area contributed by atoms with Crippen LogP contribution in [0.15, 0.2) is 77.2 Å². The summed E-state index contributed by atoms with van der Waals surface area (Å²) in [5.74, 6) is 1.57. The summed E-state index contributed by atoms with van der Waals surface area (Å²) in [6.45, 7) is 5.92. The molecule has 0 aliphatic heterocycles. The Balaban J connectivity index is 2.14. The monoisotopic (exact) mass is 415 g/mol. The average molecular weight is 416 g/mol. The van der Waals surface area contributed by atoms with E-state index >= 15 is 0 Å². The summed E-state index contributed by atoms with van der Waals surface area (Å²) in [4.78, 5) is 2.17. The molecule has 4 aromatic rings. The maximum atomic E-state index is 6.48. The van der Waals surface area contributed by atoms with Crippen molar-refractivity contribution in [3.63, 3.8) is 0 Å². The lowest BCUT2D eigenvalue weighted by atomic mass is 9.94. The molecule has 0 atom stereocenters. The minimum absolute atomic E-state index is 0.757. The van der Waals surface area contributed by atoms with Crippen molar-refractivity contribution in [2.75, 3.05) is 25.1 Å². The standard InChI is InChI=1S/C26H25NO2S/c1-4-27(5-2)23-17-22(30)21-16-20(18-12-8-6-9-13-18)25(28-3)24(26(21)29-23)19-14-10-7-11-15-19/h6-17H,4-5H2,1-3H3. The maximum Gasteiger partial charge on any atom is 0.197 e. The van der Waals surface area contributed by atoms with E-state index in [1.165, 1.54) is 0 Å². The highest BCUT2D eigenvalue weighted by molar-refractivity contribution is 7.71. The van der Waals surface area contributed by atoms with Crippen molar-refractivity contribution >= 4 is 29.1 Å². The molecule has 1 aromatic heterocycles. The molecule has 0 fully saturated rings. The third-order valence-electron chi connectivity index (χ3n) is 5.39. The van der Waals surface area contributed by atoms with Crippen LogP contribution in [0.25, 0.3) is 33.2 Å². The second-order valence-electron chi connectivity index (χ2n) is 7.06. The zero-order valence-corrected chi connectivity index (χ0v) is 18.3. The molecule has 4 rings (SSSR count). The molecule has 0 saturated carbocycles. The van der Waals surface area contributed by atoms with E-state index in [1.807, 2.05) is 42.5 Å². The third kappa shape index (κ3) is 3.59. The van der Waals surface area contributed by atoms with Crippen LogP contribution < -0.4 is 9.64 Å². The molecule has 0 aliphatic rings.